The van der Waals surface area contributed by atoms with Gasteiger partial charge in [-0.3, -0.25) is 4.98 Å². The zero-order chi connectivity index (χ0) is 23.5. The topological polar surface area (TPSA) is 72.4 Å². The van der Waals surface area contributed by atoms with E-state index >= 15 is 0 Å². The van der Waals surface area contributed by atoms with Gasteiger partial charge in [0, 0.05) is 49.5 Å². The van der Waals surface area contributed by atoms with Gasteiger partial charge in [-0.25, -0.2) is 9.97 Å². The van der Waals surface area contributed by atoms with Gasteiger partial charge in [-0.2, -0.15) is 13.2 Å². The van der Waals surface area contributed by atoms with Gasteiger partial charge in [0.2, 0.25) is 0 Å². The first-order chi connectivity index (χ1) is 16.5. The fraction of sp³-hybridized carbons (Fsp3) is 0.458. The van der Waals surface area contributed by atoms with Crippen LogP contribution in [0.5, 0.6) is 5.75 Å². The molecule has 34 heavy (non-hydrogen) atoms. The van der Waals surface area contributed by atoms with Crippen molar-refractivity contribution in [2.24, 2.45) is 0 Å². The first-order valence-electron chi connectivity index (χ1n) is 11.5. The Balaban J connectivity index is 1.27. The highest BCUT2D eigenvalue weighted by molar-refractivity contribution is 5.85. The summed E-state index contributed by atoms with van der Waals surface area (Å²) in [6.45, 7) is 2.96. The van der Waals surface area contributed by atoms with E-state index in [1.807, 2.05) is 12.1 Å². The second-order valence-corrected chi connectivity index (χ2v) is 8.60. The molecule has 0 amide bonds. The molecule has 7 nitrogen and oxygen atoms in total. The number of nitrogens with one attached hydrogen (secondary N) is 1. The lowest BCUT2D eigenvalue weighted by Gasteiger charge is -2.32. The molecule has 3 heterocycles. The third kappa shape index (κ3) is 5.01. The van der Waals surface area contributed by atoms with Crippen molar-refractivity contribution in [2.75, 3.05) is 36.5 Å². The second kappa shape index (κ2) is 9.61. The Morgan fingerprint density at radius 1 is 0.971 bits per heavy atom. The highest BCUT2D eigenvalue weighted by Crippen LogP contribution is 2.36. The zero-order valence-corrected chi connectivity index (χ0v) is 18.6. The van der Waals surface area contributed by atoms with Crippen molar-refractivity contribution in [3.05, 3.63) is 48.4 Å². The minimum absolute atomic E-state index is 0.0472. The van der Waals surface area contributed by atoms with E-state index in [2.05, 4.69) is 25.2 Å². The van der Waals surface area contributed by atoms with Crippen LogP contribution in [0.15, 0.2) is 42.9 Å². The number of ether oxygens (including phenoxy) is 2. The van der Waals surface area contributed by atoms with E-state index in [0.29, 0.717) is 37.3 Å². The summed E-state index contributed by atoms with van der Waals surface area (Å²) in [7, 11) is 0. The second-order valence-electron chi connectivity index (χ2n) is 8.60. The Morgan fingerprint density at radius 2 is 1.74 bits per heavy atom. The first-order valence-corrected chi connectivity index (χ1v) is 11.5. The number of alkyl halides is 3. The summed E-state index contributed by atoms with van der Waals surface area (Å²) < 4.78 is 51.7. The lowest BCUT2D eigenvalue weighted by molar-refractivity contribution is -0.137. The molecule has 2 aliphatic rings. The van der Waals surface area contributed by atoms with E-state index < -0.39 is 11.7 Å². The molecular formula is C24H26F3N5O2. The van der Waals surface area contributed by atoms with Crippen LogP contribution in [0.3, 0.4) is 0 Å². The highest BCUT2D eigenvalue weighted by Gasteiger charge is 2.35. The average Bonchev–Trinajstić information content (AvgIpc) is 2.85. The predicted octanol–water partition coefficient (Wildman–Crippen LogP) is 4.68. The average molecular weight is 473 g/mol. The lowest BCUT2D eigenvalue weighted by atomic mass is 9.92. The molecule has 1 aliphatic heterocycles. The molecule has 5 rings (SSSR count). The van der Waals surface area contributed by atoms with Crippen LogP contribution in [0.2, 0.25) is 0 Å². The predicted molar refractivity (Wildman–Crippen MR) is 122 cm³/mol. The van der Waals surface area contributed by atoms with Gasteiger partial charge in [-0.1, -0.05) is 0 Å². The maximum atomic E-state index is 13.3. The van der Waals surface area contributed by atoms with E-state index in [-0.39, 0.29) is 18.0 Å². The zero-order valence-electron chi connectivity index (χ0n) is 18.6. The number of aromatic nitrogens is 3. The third-order valence-electron chi connectivity index (χ3n) is 6.32. The molecule has 2 aromatic heterocycles. The van der Waals surface area contributed by atoms with Gasteiger partial charge in [0.25, 0.3) is 0 Å². The first kappa shape index (κ1) is 22.6. The van der Waals surface area contributed by atoms with Gasteiger partial charge in [-0.15, -0.1) is 0 Å². The van der Waals surface area contributed by atoms with Crippen LogP contribution in [0, 0.1) is 0 Å². The van der Waals surface area contributed by atoms with Crippen LogP contribution in [0.1, 0.15) is 31.2 Å². The molecule has 0 unspecified atom stereocenters. The number of benzene rings is 1. The Morgan fingerprint density at radius 3 is 2.50 bits per heavy atom. The van der Waals surface area contributed by atoms with Crippen LogP contribution in [0.4, 0.5) is 24.7 Å². The summed E-state index contributed by atoms with van der Waals surface area (Å²) in [4.78, 5) is 15.1. The number of hydrogen-bond acceptors (Lipinski definition) is 7. The Kier molecular flexibility index (Phi) is 6.40. The summed E-state index contributed by atoms with van der Waals surface area (Å²) in [5, 5.41) is 2.99. The van der Waals surface area contributed by atoms with Crippen molar-refractivity contribution in [3.8, 4) is 5.75 Å². The fourth-order valence-electron chi connectivity index (χ4n) is 4.57. The quantitative estimate of drug-likeness (QED) is 0.577. The number of rotatable bonds is 5. The van der Waals surface area contributed by atoms with Gasteiger partial charge in [0.05, 0.1) is 30.4 Å². The Labute approximate surface area is 195 Å². The van der Waals surface area contributed by atoms with E-state index in [1.54, 1.807) is 12.4 Å². The number of pyridine rings is 1. The number of fused-ring (bicyclic) bond motifs is 1. The van der Waals surface area contributed by atoms with Crippen molar-refractivity contribution < 1.29 is 22.6 Å². The number of anilines is 2. The van der Waals surface area contributed by atoms with Crippen LogP contribution in [0.25, 0.3) is 11.0 Å². The van der Waals surface area contributed by atoms with Crippen LogP contribution in [-0.2, 0) is 10.9 Å². The third-order valence-corrected chi connectivity index (χ3v) is 6.32. The summed E-state index contributed by atoms with van der Waals surface area (Å²) in [5.41, 5.74) is 1.77. The Bertz CT molecular complexity index is 1130. The summed E-state index contributed by atoms with van der Waals surface area (Å²) >= 11 is 0. The monoisotopic (exact) mass is 473 g/mol. The number of nitrogens with zero attached hydrogens (tertiary/aromatic N) is 4. The summed E-state index contributed by atoms with van der Waals surface area (Å²) in [6.07, 6.45) is 3.01. The molecule has 180 valence electrons. The van der Waals surface area contributed by atoms with E-state index in [0.717, 1.165) is 43.2 Å². The van der Waals surface area contributed by atoms with Gasteiger partial charge >= 0.3 is 6.18 Å². The summed E-state index contributed by atoms with van der Waals surface area (Å²) in [5.74, 6) is 0.575. The maximum absolute atomic E-state index is 13.3. The van der Waals surface area contributed by atoms with E-state index in [4.69, 9.17) is 9.47 Å². The van der Waals surface area contributed by atoms with Crippen LogP contribution < -0.4 is 15.0 Å². The van der Waals surface area contributed by atoms with Crippen molar-refractivity contribution in [1.29, 1.82) is 0 Å². The maximum Gasteiger partial charge on any atom is 0.419 e. The molecule has 1 aromatic carbocycles. The van der Waals surface area contributed by atoms with Gasteiger partial charge in [0.1, 0.15) is 17.1 Å². The minimum Gasteiger partial charge on any atom is -0.488 e. The van der Waals surface area contributed by atoms with Crippen molar-refractivity contribution >= 4 is 22.5 Å². The van der Waals surface area contributed by atoms with Crippen molar-refractivity contribution in [1.82, 2.24) is 15.0 Å². The fourth-order valence-corrected chi connectivity index (χ4v) is 4.57. The molecule has 3 aromatic rings. The minimum atomic E-state index is -4.44. The van der Waals surface area contributed by atoms with E-state index in [1.165, 1.54) is 12.3 Å². The standard InChI is InChI=1S/C24H26F3N5O2/c25-24(26,27)19-2-1-7-30-23(19)31-16-3-5-18(6-4-16)34-21-15-17(32-10-12-33-13-11-32)14-20-22(21)29-9-8-28-20/h1-2,7-9,14-16,18H,3-6,10-13H2,(H,30,31). The molecular weight excluding hydrogens is 447 g/mol. The molecule has 0 atom stereocenters. The van der Waals surface area contributed by atoms with Crippen LogP contribution in [-0.4, -0.2) is 53.4 Å². The summed E-state index contributed by atoms with van der Waals surface area (Å²) in [6, 6.07) is 6.30. The molecule has 0 spiro atoms. The van der Waals surface area contributed by atoms with Gasteiger partial charge in [0.15, 0.2) is 0 Å². The Hall–Kier alpha value is -3.14. The largest absolute Gasteiger partial charge is 0.488 e. The SMILES string of the molecule is FC(F)(F)c1cccnc1NC1CCC(Oc2cc(N3CCOCC3)cc3nccnc23)CC1. The molecule has 0 radical (unpaired) electrons. The number of morpholine rings is 1. The molecule has 1 saturated heterocycles. The van der Waals surface area contributed by atoms with Gasteiger partial charge in [-0.05, 0) is 43.9 Å². The normalized spacial score (nSPS) is 21.4. The van der Waals surface area contributed by atoms with Crippen molar-refractivity contribution in [2.45, 2.75) is 44.0 Å². The molecule has 1 saturated carbocycles. The van der Waals surface area contributed by atoms with Gasteiger partial charge < -0.3 is 19.7 Å². The molecule has 1 aliphatic carbocycles. The number of hydrogen-bond donors (Lipinski definition) is 1. The molecule has 2 fully saturated rings. The molecule has 1 N–H and O–H groups in total. The van der Waals surface area contributed by atoms with E-state index in [9.17, 15) is 13.2 Å². The smallest absolute Gasteiger partial charge is 0.419 e. The lowest BCUT2D eigenvalue weighted by Crippen LogP contribution is -2.36. The number of halogens is 3. The highest BCUT2D eigenvalue weighted by atomic mass is 19.4. The van der Waals surface area contributed by atoms with Crippen LogP contribution >= 0.6 is 0 Å². The molecule has 10 heteroatoms. The van der Waals surface area contributed by atoms with Crippen molar-refractivity contribution in [3.63, 3.8) is 0 Å². The molecule has 0 bridgehead atoms.